The highest BCUT2D eigenvalue weighted by atomic mass is 16.6. The number of rotatable bonds is 8. The van der Waals surface area contributed by atoms with Gasteiger partial charge in [0.15, 0.2) is 0 Å². The lowest BCUT2D eigenvalue weighted by molar-refractivity contribution is -0.384. The van der Waals surface area contributed by atoms with Gasteiger partial charge < -0.3 is 14.2 Å². The summed E-state index contributed by atoms with van der Waals surface area (Å²) in [5.74, 6) is 0.879. The number of nitro groups is 1. The quantitative estimate of drug-likeness (QED) is 0.422. The van der Waals surface area contributed by atoms with Crippen molar-refractivity contribution >= 4 is 16.7 Å². The second-order valence-corrected chi connectivity index (χ2v) is 7.18. The molecule has 0 radical (unpaired) electrons. The van der Waals surface area contributed by atoms with Gasteiger partial charge >= 0.3 is 0 Å². The van der Waals surface area contributed by atoms with E-state index in [1.165, 1.54) is 37.1 Å². The molecule has 0 unspecified atom stereocenters. The van der Waals surface area contributed by atoms with Crippen molar-refractivity contribution in [3.8, 4) is 5.75 Å². The summed E-state index contributed by atoms with van der Waals surface area (Å²) in [6.07, 6.45) is 2.84. The molecule has 1 saturated heterocycles. The molecule has 0 N–H and O–H groups in total. The average Bonchev–Trinajstić information content (AvgIpc) is 3.39. The van der Waals surface area contributed by atoms with Crippen LogP contribution in [0.15, 0.2) is 42.5 Å². The maximum atomic E-state index is 11.2. The van der Waals surface area contributed by atoms with E-state index in [9.17, 15) is 10.1 Å². The van der Waals surface area contributed by atoms with Crippen LogP contribution >= 0.6 is 0 Å². The molecule has 0 saturated carbocycles. The average molecular weight is 400 g/mol. The molecule has 1 fully saturated rings. The number of non-ortho nitro benzene ring substituents is 1. The number of hydrogen-bond acceptors (Lipinski definition) is 5. The van der Waals surface area contributed by atoms with E-state index in [-0.39, 0.29) is 11.4 Å². The fourth-order valence-corrected chi connectivity index (χ4v) is 3.83. The van der Waals surface area contributed by atoms with E-state index < -0.39 is 18.3 Å². The predicted molar refractivity (Wildman–Crippen MR) is 112 cm³/mol. The van der Waals surface area contributed by atoms with Crippen molar-refractivity contribution in [1.82, 2.24) is 14.5 Å². The van der Waals surface area contributed by atoms with Crippen molar-refractivity contribution in [3.05, 3.63) is 64.0 Å². The van der Waals surface area contributed by atoms with Gasteiger partial charge in [0.25, 0.3) is 5.69 Å². The maximum absolute atomic E-state index is 11.2. The van der Waals surface area contributed by atoms with E-state index >= 15 is 0 Å². The first-order valence-electron chi connectivity index (χ1n) is 12.2. The number of hydrogen-bond donors (Lipinski definition) is 0. The molecule has 29 heavy (non-hydrogen) atoms. The summed E-state index contributed by atoms with van der Waals surface area (Å²) in [6, 6.07) is 11.2. The van der Waals surface area contributed by atoms with Crippen molar-refractivity contribution in [3.63, 3.8) is 0 Å². The van der Waals surface area contributed by atoms with Crippen LogP contribution in [0.4, 0.5) is 5.69 Å². The van der Waals surface area contributed by atoms with Crippen molar-refractivity contribution in [2.45, 2.75) is 32.7 Å². The number of nitro benzene ring substituents is 1. The smallest absolute Gasteiger partial charge is 0.271 e. The van der Waals surface area contributed by atoms with E-state index in [1.807, 2.05) is 0 Å². The minimum atomic E-state index is -2.91. The van der Waals surface area contributed by atoms with Gasteiger partial charge in [-0.15, -0.1) is 0 Å². The SMILES string of the molecule is [2H]C([2H])([2H])C([2H])([2H])Oc1ccc(Cc2nc3cc([N+](=O)[O-])ccc3n2CCN2CCCC2)cc1. The van der Waals surface area contributed by atoms with Gasteiger partial charge in [0.05, 0.1) is 25.3 Å². The summed E-state index contributed by atoms with van der Waals surface area (Å²) in [7, 11) is 0. The number of aromatic nitrogens is 2. The zero-order valence-corrected chi connectivity index (χ0v) is 16.0. The van der Waals surface area contributed by atoms with Crippen LogP contribution in [0.1, 0.15) is 37.9 Å². The second-order valence-electron chi connectivity index (χ2n) is 7.18. The molecule has 4 rings (SSSR count). The van der Waals surface area contributed by atoms with E-state index in [4.69, 9.17) is 11.6 Å². The van der Waals surface area contributed by atoms with Gasteiger partial charge in [0.2, 0.25) is 0 Å². The Morgan fingerprint density at radius 3 is 2.72 bits per heavy atom. The third-order valence-electron chi connectivity index (χ3n) is 5.31. The topological polar surface area (TPSA) is 73.4 Å². The van der Waals surface area contributed by atoms with Gasteiger partial charge in [-0.1, -0.05) is 12.1 Å². The summed E-state index contributed by atoms with van der Waals surface area (Å²) in [4.78, 5) is 17.9. The van der Waals surface area contributed by atoms with Crippen LogP contribution < -0.4 is 4.74 Å². The first-order chi connectivity index (χ1) is 16.0. The molecule has 7 nitrogen and oxygen atoms in total. The number of fused-ring (bicyclic) bond motifs is 1. The van der Waals surface area contributed by atoms with E-state index in [1.54, 1.807) is 18.2 Å². The Bertz CT molecular complexity index is 1170. The second kappa shape index (κ2) is 8.61. The van der Waals surface area contributed by atoms with E-state index in [0.29, 0.717) is 18.5 Å². The molecule has 1 aliphatic rings. The summed E-state index contributed by atoms with van der Waals surface area (Å²) in [5.41, 5.74) is 2.27. The minimum Gasteiger partial charge on any atom is -0.494 e. The number of likely N-dealkylation sites (tertiary alicyclic amines) is 1. The Morgan fingerprint density at radius 2 is 2.00 bits per heavy atom. The summed E-state index contributed by atoms with van der Waals surface area (Å²) < 4.78 is 44.2. The third-order valence-corrected chi connectivity index (χ3v) is 5.31. The number of imidazole rings is 1. The molecule has 0 aliphatic carbocycles. The maximum Gasteiger partial charge on any atom is 0.271 e. The standard InChI is InChI=1S/C22H26N4O3/c1-2-29-19-8-5-17(6-9-19)15-22-23-20-16-18(26(27)28)7-10-21(20)25(22)14-13-24-11-3-4-12-24/h5-10,16H,2-4,11-15H2,1H3/i1D3,2D2. The molecular formula is C22H26N4O3. The van der Waals surface area contributed by atoms with Gasteiger partial charge in [-0.3, -0.25) is 10.1 Å². The highest BCUT2D eigenvalue weighted by Crippen LogP contribution is 2.24. The van der Waals surface area contributed by atoms with Crippen LogP contribution in [0.25, 0.3) is 11.0 Å². The lowest BCUT2D eigenvalue weighted by atomic mass is 10.1. The minimum absolute atomic E-state index is 0.00623. The lowest BCUT2D eigenvalue weighted by Gasteiger charge is -2.16. The Hall–Kier alpha value is -2.93. The van der Waals surface area contributed by atoms with Gasteiger partial charge in [-0.2, -0.15) is 0 Å². The number of ether oxygens (including phenoxy) is 1. The number of benzene rings is 2. The molecule has 0 bridgehead atoms. The largest absolute Gasteiger partial charge is 0.494 e. The monoisotopic (exact) mass is 399 g/mol. The van der Waals surface area contributed by atoms with Gasteiger partial charge in [-0.05, 0) is 56.5 Å². The Labute approximate surface area is 177 Å². The molecule has 2 heterocycles. The van der Waals surface area contributed by atoms with Crippen LogP contribution in [-0.2, 0) is 13.0 Å². The van der Waals surface area contributed by atoms with Crippen LogP contribution in [-0.4, -0.2) is 45.6 Å². The van der Waals surface area contributed by atoms with Crippen LogP contribution in [0.3, 0.4) is 0 Å². The van der Waals surface area contributed by atoms with Gasteiger partial charge in [-0.25, -0.2) is 4.98 Å². The van der Waals surface area contributed by atoms with Gasteiger partial charge in [0.1, 0.15) is 11.6 Å². The van der Waals surface area contributed by atoms with Crippen LogP contribution in [0.2, 0.25) is 0 Å². The molecule has 0 atom stereocenters. The zero-order chi connectivity index (χ0) is 24.5. The molecule has 3 aromatic rings. The molecule has 0 spiro atoms. The Kier molecular flexibility index (Phi) is 4.19. The fraction of sp³-hybridized carbons (Fsp3) is 0.409. The van der Waals surface area contributed by atoms with Crippen LogP contribution in [0, 0.1) is 10.1 Å². The van der Waals surface area contributed by atoms with Crippen LogP contribution in [0.5, 0.6) is 5.75 Å². The molecule has 2 aromatic carbocycles. The summed E-state index contributed by atoms with van der Waals surface area (Å²) in [5, 5.41) is 11.2. The van der Waals surface area contributed by atoms with E-state index in [0.717, 1.165) is 36.5 Å². The van der Waals surface area contributed by atoms with Crippen molar-refractivity contribution in [1.29, 1.82) is 0 Å². The molecule has 1 aliphatic heterocycles. The first-order valence-corrected chi connectivity index (χ1v) is 9.67. The number of nitrogens with zero attached hydrogens (tertiary/aromatic N) is 4. The predicted octanol–water partition coefficient (Wildman–Crippen LogP) is 4.03. The fourth-order valence-electron chi connectivity index (χ4n) is 3.83. The zero-order valence-electron chi connectivity index (χ0n) is 21.0. The lowest BCUT2D eigenvalue weighted by Crippen LogP contribution is -2.24. The molecular weight excluding hydrogens is 368 g/mol. The molecule has 1 aromatic heterocycles. The Morgan fingerprint density at radius 1 is 1.21 bits per heavy atom. The molecule has 7 heteroatoms. The van der Waals surface area contributed by atoms with Crippen molar-refractivity contribution in [2.24, 2.45) is 0 Å². The van der Waals surface area contributed by atoms with E-state index in [2.05, 4.69) is 14.5 Å². The normalized spacial score (nSPS) is 18.0. The highest BCUT2D eigenvalue weighted by Gasteiger charge is 2.17. The molecule has 0 amide bonds. The van der Waals surface area contributed by atoms with Gasteiger partial charge in [0, 0.05) is 35.8 Å². The summed E-state index contributed by atoms with van der Waals surface area (Å²) >= 11 is 0. The van der Waals surface area contributed by atoms with Crippen molar-refractivity contribution in [2.75, 3.05) is 26.2 Å². The first kappa shape index (κ1) is 14.1. The third kappa shape index (κ3) is 4.40. The summed E-state index contributed by atoms with van der Waals surface area (Å²) in [6.45, 7) is -1.99. The Balaban J connectivity index is 1.58. The van der Waals surface area contributed by atoms with Crippen molar-refractivity contribution < 1.29 is 16.5 Å². The molecule has 152 valence electrons. The highest BCUT2D eigenvalue weighted by molar-refractivity contribution is 5.78.